The molecule has 1 N–H and O–H groups in total. The maximum Gasteiger partial charge on any atom is 0.202 e. The Bertz CT molecular complexity index is 1330. The van der Waals surface area contributed by atoms with Crippen molar-refractivity contribution in [3.63, 3.8) is 0 Å². The van der Waals surface area contributed by atoms with Crippen molar-refractivity contribution >= 4 is 55.3 Å². The molecule has 4 aromatic rings. The van der Waals surface area contributed by atoms with E-state index in [1.807, 2.05) is 13.0 Å². The fourth-order valence-corrected chi connectivity index (χ4v) is 5.57. The van der Waals surface area contributed by atoms with Gasteiger partial charge in [0.15, 0.2) is 0 Å². The molecule has 0 spiro atoms. The minimum absolute atomic E-state index is 0. The highest BCUT2D eigenvalue weighted by Gasteiger charge is 2.12. The monoisotopic (exact) mass is 633 g/mol. The maximum atomic E-state index is 8.98. The van der Waals surface area contributed by atoms with Crippen molar-refractivity contribution in [3.05, 3.63) is 92.4 Å². The number of hydrogen-bond donors (Lipinski definition) is 1. The molecule has 0 unspecified atom stereocenters. The zero-order valence-corrected chi connectivity index (χ0v) is 24.7. The number of nitrogens with zero attached hydrogens (tertiary/aromatic N) is 2. The number of unbranched alkanes of at least 4 members (excludes halogenated alkanes) is 2. The van der Waals surface area contributed by atoms with Gasteiger partial charge in [0.05, 0.1) is 17.6 Å². The molecule has 4 nitrogen and oxygen atoms in total. The van der Waals surface area contributed by atoms with Gasteiger partial charge in [-0.15, -0.1) is 12.4 Å². The van der Waals surface area contributed by atoms with Crippen LogP contribution < -0.4 is 10.4 Å². The summed E-state index contributed by atoms with van der Waals surface area (Å²) in [6.45, 7) is 4.32. The molecule has 3 aromatic carbocycles. The Hall–Kier alpha value is -2.02. The zero-order chi connectivity index (χ0) is 24.6. The normalized spacial score (nSPS) is 11.0. The third kappa shape index (κ3) is 7.05. The Kier molecular flexibility index (Phi) is 11.1. The van der Waals surface area contributed by atoms with Gasteiger partial charge in [0.2, 0.25) is 5.62 Å². The molecule has 0 saturated carbocycles. The van der Waals surface area contributed by atoms with Crippen LogP contribution in [0.1, 0.15) is 43.7 Å². The number of nitrogens with one attached hydrogen (secondary N) is 1. The van der Waals surface area contributed by atoms with Crippen molar-refractivity contribution in [2.24, 2.45) is 0 Å². The third-order valence-corrected chi connectivity index (χ3v) is 7.97. The van der Waals surface area contributed by atoms with Crippen LogP contribution in [-0.2, 0) is 25.9 Å². The molecule has 0 saturated heterocycles. The Labute approximate surface area is 236 Å². The van der Waals surface area contributed by atoms with Crippen molar-refractivity contribution in [1.82, 2.24) is 9.13 Å². The number of aromatic nitrogens is 2. The number of imidazole rings is 1. The SMILES string of the molecule is CCOc1ccc2c(c1)n(CCCCc1ccccc1Br)c(=N)n2CCCCc1ccccc1Br.Cl. The van der Waals surface area contributed by atoms with Gasteiger partial charge >= 0.3 is 0 Å². The Morgan fingerprint density at radius 2 is 1.25 bits per heavy atom. The lowest BCUT2D eigenvalue weighted by atomic mass is 10.1. The molecule has 0 aliphatic carbocycles. The van der Waals surface area contributed by atoms with E-state index in [1.165, 1.54) is 20.1 Å². The molecule has 0 atom stereocenters. The highest BCUT2D eigenvalue weighted by atomic mass is 79.9. The summed E-state index contributed by atoms with van der Waals surface area (Å²) in [6, 6.07) is 23.1. The fraction of sp³-hybridized carbons (Fsp3) is 0.345. The number of benzene rings is 3. The van der Waals surface area contributed by atoms with Gasteiger partial charge in [0.25, 0.3) is 0 Å². The Balaban J connectivity index is 0.00000361. The second-order valence-corrected chi connectivity index (χ2v) is 10.5. The van der Waals surface area contributed by atoms with E-state index in [9.17, 15) is 0 Å². The molecule has 7 heteroatoms. The number of ether oxygens (including phenoxy) is 1. The Morgan fingerprint density at radius 1 is 0.722 bits per heavy atom. The average Bonchev–Trinajstić information content (AvgIpc) is 3.12. The van der Waals surface area contributed by atoms with E-state index in [4.69, 9.17) is 10.1 Å². The first-order valence-corrected chi connectivity index (χ1v) is 14.0. The maximum absolute atomic E-state index is 8.98. The molecular formula is C29H34Br2ClN3O. The van der Waals surface area contributed by atoms with E-state index >= 15 is 0 Å². The van der Waals surface area contributed by atoms with E-state index in [2.05, 4.69) is 102 Å². The first-order chi connectivity index (χ1) is 17.1. The van der Waals surface area contributed by atoms with Gasteiger partial charge in [-0.05, 0) is 80.8 Å². The van der Waals surface area contributed by atoms with Gasteiger partial charge in [-0.1, -0.05) is 68.3 Å². The van der Waals surface area contributed by atoms with E-state index in [-0.39, 0.29) is 12.4 Å². The van der Waals surface area contributed by atoms with Crippen LogP contribution in [0.3, 0.4) is 0 Å². The van der Waals surface area contributed by atoms with E-state index in [1.54, 1.807) is 0 Å². The second-order valence-electron chi connectivity index (χ2n) is 8.81. The van der Waals surface area contributed by atoms with E-state index < -0.39 is 0 Å². The molecule has 0 amide bonds. The van der Waals surface area contributed by atoms with Crippen molar-refractivity contribution in [1.29, 1.82) is 5.41 Å². The lowest BCUT2D eigenvalue weighted by Gasteiger charge is -2.07. The number of fused-ring (bicyclic) bond motifs is 1. The van der Waals surface area contributed by atoms with Gasteiger partial charge in [0.1, 0.15) is 5.75 Å². The summed E-state index contributed by atoms with van der Waals surface area (Å²) in [5.41, 5.74) is 5.47. The first kappa shape index (κ1) is 28.5. The third-order valence-electron chi connectivity index (χ3n) is 6.42. The minimum Gasteiger partial charge on any atom is -0.494 e. The van der Waals surface area contributed by atoms with E-state index in [0.29, 0.717) is 12.2 Å². The van der Waals surface area contributed by atoms with Crippen molar-refractivity contribution in [3.8, 4) is 5.75 Å². The molecule has 0 aliphatic rings. The predicted octanol–water partition coefficient (Wildman–Crippen LogP) is 8.31. The highest BCUT2D eigenvalue weighted by molar-refractivity contribution is 9.10. The number of rotatable bonds is 12. The van der Waals surface area contributed by atoms with Crippen LogP contribution in [-0.4, -0.2) is 15.7 Å². The summed E-state index contributed by atoms with van der Waals surface area (Å²) in [5, 5.41) is 8.98. The van der Waals surface area contributed by atoms with Gasteiger partial charge in [-0.25, -0.2) is 0 Å². The van der Waals surface area contributed by atoms with E-state index in [0.717, 1.165) is 68.4 Å². The fourth-order valence-electron chi connectivity index (χ4n) is 4.60. The van der Waals surface area contributed by atoms with Crippen molar-refractivity contribution in [2.45, 2.75) is 58.5 Å². The lowest BCUT2D eigenvalue weighted by molar-refractivity contribution is 0.340. The van der Waals surface area contributed by atoms with Crippen LogP contribution in [0.4, 0.5) is 0 Å². The summed E-state index contributed by atoms with van der Waals surface area (Å²) in [5.74, 6) is 0.869. The van der Waals surface area contributed by atoms with Crippen LogP contribution >= 0.6 is 44.3 Å². The molecule has 0 bridgehead atoms. The molecule has 4 rings (SSSR count). The summed E-state index contributed by atoms with van der Waals surface area (Å²) >= 11 is 7.31. The minimum atomic E-state index is 0. The number of aryl methyl sites for hydroxylation is 4. The van der Waals surface area contributed by atoms with Crippen LogP contribution in [0.25, 0.3) is 11.0 Å². The molecule has 36 heavy (non-hydrogen) atoms. The lowest BCUT2D eigenvalue weighted by Crippen LogP contribution is -2.25. The van der Waals surface area contributed by atoms with Gasteiger partial charge in [-0.2, -0.15) is 0 Å². The number of halogens is 3. The zero-order valence-electron chi connectivity index (χ0n) is 20.7. The van der Waals surface area contributed by atoms with Gasteiger partial charge in [-0.3, -0.25) is 5.41 Å². The number of hydrogen-bond acceptors (Lipinski definition) is 2. The molecule has 1 heterocycles. The summed E-state index contributed by atoms with van der Waals surface area (Å²) in [4.78, 5) is 0. The molecule has 0 radical (unpaired) electrons. The van der Waals surface area contributed by atoms with Gasteiger partial charge in [0, 0.05) is 28.1 Å². The first-order valence-electron chi connectivity index (χ1n) is 12.5. The standard InChI is InChI=1S/C29H33Br2N3O.ClH/c1-2-35-24-17-18-27-28(21-24)34(20-10-8-14-23-12-4-6-16-26(23)31)29(32)33(27)19-9-7-13-22-11-3-5-15-25(22)30;/h3-6,11-12,15-18,21,32H,2,7-10,13-14,19-20H2,1H3;1H. The van der Waals surface area contributed by atoms with Crippen LogP contribution in [0.5, 0.6) is 5.75 Å². The Morgan fingerprint density at radius 3 is 1.78 bits per heavy atom. The molecular weight excluding hydrogens is 602 g/mol. The largest absolute Gasteiger partial charge is 0.494 e. The second kappa shape index (κ2) is 14.1. The summed E-state index contributed by atoms with van der Waals surface area (Å²) < 4.78 is 12.5. The van der Waals surface area contributed by atoms with Crippen LogP contribution in [0.15, 0.2) is 75.7 Å². The topological polar surface area (TPSA) is 42.9 Å². The van der Waals surface area contributed by atoms with Crippen molar-refractivity contribution in [2.75, 3.05) is 6.61 Å². The van der Waals surface area contributed by atoms with Crippen molar-refractivity contribution < 1.29 is 4.74 Å². The molecule has 1 aromatic heterocycles. The summed E-state index contributed by atoms with van der Waals surface area (Å²) in [6.07, 6.45) is 6.30. The van der Waals surface area contributed by atoms with Crippen LogP contribution in [0, 0.1) is 5.41 Å². The smallest absolute Gasteiger partial charge is 0.202 e. The van der Waals surface area contributed by atoms with Crippen LogP contribution in [0.2, 0.25) is 0 Å². The molecule has 192 valence electrons. The summed E-state index contributed by atoms with van der Waals surface area (Å²) in [7, 11) is 0. The highest BCUT2D eigenvalue weighted by Crippen LogP contribution is 2.23. The quantitative estimate of drug-likeness (QED) is 0.156. The molecule has 0 fully saturated rings. The molecule has 0 aliphatic heterocycles. The predicted molar refractivity (Wildman–Crippen MR) is 158 cm³/mol. The van der Waals surface area contributed by atoms with Gasteiger partial charge < -0.3 is 13.9 Å². The average molecular weight is 636 g/mol.